The average molecular weight is 369 g/mol. The topological polar surface area (TPSA) is 104 Å². The van der Waals surface area contributed by atoms with Crippen LogP contribution in [0.1, 0.15) is 28.6 Å². The van der Waals surface area contributed by atoms with E-state index in [4.69, 9.17) is 9.26 Å². The van der Waals surface area contributed by atoms with E-state index >= 15 is 0 Å². The number of likely N-dealkylation sites (tertiary alicyclic amines) is 1. The van der Waals surface area contributed by atoms with Crippen molar-refractivity contribution in [3.05, 3.63) is 48.1 Å². The molecule has 0 saturated carbocycles. The minimum Gasteiger partial charge on any atom is -0.363 e. The standard InChI is InChI=1S/C17H19N7O3/c25-16(13-2-6-19-27-13)22-9-4-17(11-22)12-24-14(20-21-15(24)10-26-17)3-8-23-7-1-5-18-23/h1-2,5-7H,3-4,8-12H2. The number of ether oxygens (including phenoxy) is 1. The summed E-state index contributed by atoms with van der Waals surface area (Å²) in [5.74, 6) is 1.86. The summed E-state index contributed by atoms with van der Waals surface area (Å²) < 4.78 is 15.1. The molecular formula is C17H19N7O3. The smallest absolute Gasteiger partial charge is 0.292 e. The maximum Gasteiger partial charge on any atom is 0.292 e. The first-order chi connectivity index (χ1) is 13.2. The van der Waals surface area contributed by atoms with Gasteiger partial charge in [0.25, 0.3) is 5.91 Å². The zero-order chi connectivity index (χ0) is 18.3. The Bertz CT molecular complexity index is 934. The van der Waals surface area contributed by atoms with E-state index in [9.17, 15) is 4.79 Å². The predicted molar refractivity (Wildman–Crippen MR) is 90.5 cm³/mol. The van der Waals surface area contributed by atoms with Crippen LogP contribution in [0.2, 0.25) is 0 Å². The summed E-state index contributed by atoms with van der Waals surface area (Å²) in [4.78, 5) is 14.3. The molecule has 140 valence electrons. The van der Waals surface area contributed by atoms with Crippen LogP contribution in [-0.4, -0.2) is 59.2 Å². The summed E-state index contributed by atoms with van der Waals surface area (Å²) in [7, 11) is 0. The third-order valence-corrected chi connectivity index (χ3v) is 5.23. The first kappa shape index (κ1) is 16.2. The third-order valence-electron chi connectivity index (χ3n) is 5.23. The number of carbonyl (C=O) groups excluding carboxylic acids is 1. The zero-order valence-corrected chi connectivity index (χ0v) is 14.7. The number of carbonyl (C=O) groups is 1. The fraction of sp³-hybridized carbons (Fsp3) is 0.471. The largest absolute Gasteiger partial charge is 0.363 e. The van der Waals surface area contributed by atoms with Crippen LogP contribution < -0.4 is 0 Å². The number of aromatic nitrogens is 6. The van der Waals surface area contributed by atoms with Gasteiger partial charge in [0.1, 0.15) is 18.0 Å². The molecule has 1 spiro atoms. The van der Waals surface area contributed by atoms with Crippen molar-refractivity contribution < 1.29 is 14.1 Å². The van der Waals surface area contributed by atoms with E-state index in [2.05, 4.69) is 25.0 Å². The lowest BCUT2D eigenvalue weighted by molar-refractivity contribution is -0.0815. The summed E-state index contributed by atoms with van der Waals surface area (Å²) in [5.41, 5.74) is -0.411. The number of rotatable bonds is 4. The lowest BCUT2D eigenvalue weighted by Gasteiger charge is -2.34. The first-order valence-electron chi connectivity index (χ1n) is 8.95. The van der Waals surface area contributed by atoms with Gasteiger partial charge in [-0.15, -0.1) is 10.2 Å². The van der Waals surface area contributed by atoms with Crippen molar-refractivity contribution in [1.29, 1.82) is 0 Å². The second-order valence-electron chi connectivity index (χ2n) is 6.96. The van der Waals surface area contributed by atoms with Crippen LogP contribution in [0.25, 0.3) is 0 Å². The van der Waals surface area contributed by atoms with Gasteiger partial charge in [0.2, 0.25) is 5.76 Å². The first-order valence-corrected chi connectivity index (χ1v) is 8.95. The highest BCUT2D eigenvalue weighted by Crippen LogP contribution is 2.33. The second-order valence-corrected chi connectivity index (χ2v) is 6.96. The number of hydrogen-bond acceptors (Lipinski definition) is 7. The number of nitrogens with zero attached hydrogens (tertiary/aromatic N) is 7. The lowest BCUT2D eigenvalue weighted by atomic mass is 10.0. The third kappa shape index (κ3) is 2.91. The van der Waals surface area contributed by atoms with Gasteiger partial charge in [-0.25, -0.2) is 0 Å². The molecule has 1 unspecified atom stereocenters. The van der Waals surface area contributed by atoms with E-state index in [0.29, 0.717) is 26.2 Å². The minimum atomic E-state index is -0.411. The van der Waals surface area contributed by atoms with Gasteiger partial charge in [0.05, 0.1) is 19.3 Å². The molecule has 0 aliphatic carbocycles. The molecule has 0 N–H and O–H groups in total. The van der Waals surface area contributed by atoms with Crippen LogP contribution in [0.4, 0.5) is 0 Å². The summed E-state index contributed by atoms with van der Waals surface area (Å²) in [6.45, 7) is 2.93. The quantitative estimate of drug-likeness (QED) is 0.660. The molecule has 1 amide bonds. The van der Waals surface area contributed by atoms with Crippen molar-refractivity contribution in [2.24, 2.45) is 0 Å². The fourth-order valence-corrected chi connectivity index (χ4v) is 3.79. The predicted octanol–water partition coefficient (Wildman–Crippen LogP) is 0.520. The Hall–Kier alpha value is -3.01. The molecule has 1 saturated heterocycles. The summed E-state index contributed by atoms with van der Waals surface area (Å²) in [6, 6.07) is 3.49. The van der Waals surface area contributed by atoms with Crippen molar-refractivity contribution in [2.45, 2.75) is 38.1 Å². The molecule has 3 aromatic rings. The SMILES string of the molecule is O=C(c1ccno1)N1CCC2(C1)Cn1c(CCn3cccn3)nnc1CO2. The van der Waals surface area contributed by atoms with Gasteiger partial charge in [-0.05, 0) is 12.5 Å². The molecule has 0 radical (unpaired) electrons. The van der Waals surface area contributed by atoms with Crippen LogP contribution in [0.15, 0.2) is 35.2 Å². The van der Waals surface area contributed by atoms with Crippen molar-refractivity contribution in [3.8, 4) is 0 Å². The molecule has 10 heteroatoms. The molecule has 1 fully saturated rings. The highest BCUT2D eigenvalue weighted by molar-refractivity contribution is 5.91. The number of fused-ring (bicyclic) bond motifs is 1. The Morgan fingerprint density at radius 3 is 3.04 bits per heavy atom. The Morgan fingerprint density at radius 1 is 1.26 bits per heavy atom. The molecule has 5 heterocycles. The van der Waals surface area contributed by atoms with Gasteiger partial charge >= 0.3 is 0 Å². The lowest BCUT2D eigenvalue weighted by Crippen LogP contribution is -2.45. The average Bonchev–Trinajstić information content (AvgIpc) is 3.47. The highest BCUT2D eigenvalue weighted by Gasteiger charge is 2.45. The van der Waals surface area contributed by atoms with Gasteiger partial charge in [-0.3, -0.25) is 9.48 Å². The van der Waals surface area contributed by atoms with Gasteiger partial charge in [0, 0.05) is 38.0 Å². The van der Waals surface area contributed by atoms with Crippen molar-refractivity contribution >= 4 is 5.91 Å². The van der Waals surface area contributed by atoms with E-state index in [-0.39, 0.29) is 11.7 Å². The monoisotopic (exact) mass is 369 g/mol. The molecule has 0 bridgehead atoms. The Morgan fingerprint density at radius 2 is 2.22 bits per heavy atom. The molecule has 27 heavy (non-hydrogen) atoms. The summed E-state index contributed by atoms with van der Waals surface area (Å²) >= 11 is 0. The molecule has 0 aromatic carbocycles. The van der Waals surface area contributed by atoms with Gasteiger partial charge in [-0.1, -0.05) is 5.16 Å². The van der Waals surface area contributed by atoms with Gasteiger partial charge in [0.15, 0.2) is 5.82 Å². The maximum atomic E-state index is 12.5. The van der Waals surface area contributed by atoms with Crippen molar-refractivity contribution in [2.75, 3.05) is 13.1 Å². The minimum absolute atomic E-state index is 0.151. The number of aryl methyl sites for hydroxylation is 2. The van der Waals surface area contributed by atoms with Crippen LogP contribution in [0, 0.1) is 0 Å². The molecule has 5 rings (SSSR count). The van der Waals surface area contributed by atoms with Crippen molar-refractivity contribution in [1.82, 2.24) is 34.6 Å². The molecule has 2 aliphatic heterocycles. The molecule has 2 aliphatic rings. The van der Waals surface area contributed by atoms with Gasteiger partial charge in [-0.2, -0.15) is 5.10 Å². The van der Waals surface area contributed by atoms with E-state index < -0.39 is 5.60 Å². The van der Waals surface area contributed by atoms with Crippen LogP contribution in [0.5, 0.6) is 0 Å². The van der Waals surface area contributed by atoms with E-state index in [1.165, 1.54) is 6.20 Å². The number of hydrogen-bond donors (Lipinski definition) is 0. The molecular weight excluding hydrogens is 350 g/mol. The summed E-state index contributed by atoms with van der Waals surface area (Å²) in [5, 5.41) is 16.4. The zero-order valence-electron chi connectivity index (χ0n) is 14.7. The van der Waals surface area contributed by atoms with E-state index in [1.54, 1.807) is 17.2 Å². The van der Waals surface area contributed by atoms with E-state index in [0.717, 1.165) is 31.0 Å². The molecule has 3 aromatic heterocycles. The molecule has 10 nitrogen and oxygen atoms in total. The maximum absolute atomic E-state index is 12.5. The number of amides is 1. The van der Waals surface area contributed by atoms with Crippen LogP contribution >= 0.6 is 0 Å². The Kier molecular flexibility index (Phi) is 3.78. The fourth-order valence-electron chi connectivity index (χ4n) is 3.79. The normalized spacial score (nSPS) is 21.7. The van der Waals surface area contributed by atoms with Crippen molar-refractivity contribution in [3.63, 3.8) is 0 Å². The Balaban J connectivity index is 1.30. The summed E-state index contributed by atoms with van der Waals surface area (Å²) in [6.07, 6.45) is 6.68. The van der Waals surface area contributed by atoms with Crippen LogP contribution in [0.3, 0.4) is 0 Å². The molecule has 1 atom stereocenters. The second kappa shape index (κ2) is 6.31. The van der Waals surface area contributed by atoms with Gasteiger partial charge < -0.3 is 18.7 Å². The van der Waals surface area contributed by atoms with Crippen LogP contribution in [-0.2, 0) is 30.9 Å². The highest BCUT2D eigenvalue weighted by atomic mass is 16.5. The van der Waals surface area contributed by atoms with E-state index in [1.807, 2.05) is 16.9 Å². The Labute approximate surface area is 154 Å².